The lowest BCUT2D eigenvalue weighted by Crippen LogP contribution is -2.33. The Balaban J connectivity index is 2.13. The summed E-state index contributed by atoms with van der Waals surface area (Å²) in [5.74, 6) is 0. The van der Waals surface area contributed by atoms with E-state index < -0.39 is 0 Å². The topological polar surface area (TPSA) is 26.0 Å². The molecular formula is C17H17N. The molecule has 1 aliphatic carbocycles. The third-order valence-corrected chi connectivity index (χ3v) is 3.83. The van der Waals surface area contributed by atoms with Crippen LogP contribution in [-0.2, 0) is 5.41 Å². The number of hydrogen-bond acceptors (Lipinski definition) is 1. The highest BCUT2D eigenvalue weighted by Gasteiger charge is 2.27. The maximum absolute atomic E-state index is 6.03. The minimum atomic E-state index is -0.0290. The van der Waals surface area contributed by atoms with Crippen LogP contribution in [0.4, 0.5) is 0 Å². The van der Waals surface area contributed by atoms with Crippen molar-refractivity contribution in [3.05, 3.63) is 72.3 Å². The molecule has 0 saturated heterocycles. The molecule has 0 heterocycles. The number of rotatable bonds is 2. The van der Waals surface area contributed by atoms with E-state index in [1.54, 1.807) is 0 Å². The van der Waals surface area contributed by atoms with Crippen molar-refractivity contribution in [3.63, 3.8) is 0 Å². The van der Waals surface area contributed by atoms with E-state index in [-0.39, 0.29) is 5.41 Å². The second kappa shape index (κ2) is 4.43. The Labute approximate surface area is 108 Å². The number of hydrogen-bond donors (Lipinski definition) is 1. The molecule has 0 aliphatic heterocycles. The maximum Gasteiger partial charge on any atom is 0.0292 e. The van der Waals surface area contributed by atoms with Crippen LogP contribution in [0.3, 0.4) is 0 Å². The van der Waals surface area contributed by atoms with Gasteiger partial charge in [-0.1, -0.05) is 66.8 Å². The highest BCUT2D eigenvalue weighted by atomic mass is 14.6. The first-order valence-corrected chi connectivity index (χ1v) is 6.38. The molecule has 1 heteroatoms. The van der Waals surface area contributed by atoms with Crippen molar-refractivity contribution >= 4 is 10.8 Å². The van der Waals surface area contributed by atoms with Gasteiger partial charge in [-0.05, 0) is 22.8 Å². The molecule has 2 N–H and O–H groups in total. The predicted molar refractivity (Wildman–Crippen MR) is 77.6 cm³/mol. The fraction of sp³-hybridized carbons (Fsp3) is 0.176. The summed E-state index contributed by atoms with van der Waals surface area (Å²) in [6, 6.07) is 15.1. The molecule has 1 atom stereocenters. The molecule has 0 spiro atoms. The molecule has 1 unspecified atom stereocenters. The zero-order valence-electron chi connectivity index (χ0n) is 10.3. The average molecular weight is 235 g/mol. The van der Waals surface area contributed by atoms with Crippen LogP contribution in [-0.4, -0.2) is 6.54 Å². The second-order valence-electron chi connectivity index (χ2n) is 4.91. The molecule has 0 aromatic heterocycles. The molecular weight excluding hydrogens is 218 g/mol. The SMILES string of the molecule is NCC1(c2ccc3ccccc3c2)C=CC=CC1. The van der Waals surface area contributed by atoms with E-state index >= 15 is 0 Å². The van der Waals surface area contributed by atoms with Gasteiger partial charge in [-0.2, -0.15) is 0 Å². The standard InChI is InChI=1S/C17H17N/c18-13-17(10-4-1-5-11-17)16-9-8-14-6-2-3-7-15(14)12-16/h1-10,12H,11,13,18H2. The minimum absolute atomic E-state index is 0.0290. The zero-order valence-corrected chi connectivity index (χ0v) is 10.3. The summed E-state index contributed by atoms with van der Waals surface area (Å²) >= 11 is 0. The largest absolute Gasteiger partial charge is 0.329 e. The summed E-state index contributed by atoms with van der Waals surface area (Å²) in [6.07, 6.45) is 9.61. The highest BCUT2D eigenvalue weighted by Crippen LogP contribution is 2.33. The van der Waals surface area contributed by atoms with Crippen LogP contribution in [0.25, 0.3) is 10.8 Å². The Morgan fingerprint density at radius 1 is 1.00 bits per heavy atom. The first-order chi connectivity index (χ1) is 8.84. The molecule has 90 valence electrons. The molecule has 3 rings (SSSR count). The number of fused-ring (bicyclic) bond motifs is 1. The molecule has 1 aliphatic rings. The van der Waals surface area contributed by atoms with E-state index in [0.29, 0.717) is 6.54 Å². The van der Waals surface area contributed by atoms with Crippen LogP contribution >= 0.6 is 0 Å². The van der Waals surface area contributed by atoms with E-state index in [4.69, 9.17) is 5.73 Å². The highest BCUT2D eigenvalue weighted by molar-refractivity contribution is 5.83. The van der Waals surface area contributed by atoms with Crippen LogP contribution in [0.5, 0.6) is 0 Å². The van der Waals surface area contributed by atoms with Gasteiger partial charge >= 0.3 is 0 Å². The van der Waals surface area contributed by atoms with Crippen molar-refractivity contribution in [2.45, 2.75) is 11.8 Å². The Bertz CT molecular complexity index is 624. The van der Waals surface area contributed by atoms with Gasteiger partial charge in [-0.3, -0.25) is 0 Å². The monoisotopic (exact) mass is 235 g/mol. The van der Waals surface area contributed by atoms with E-state index in [9.17, 15) is 0 Å². The van der Waals surface area contributed by atoms with Crippen LogP contribution in [0.2, 0.25) is 0 Å². The summed E-state index contributed by atoms with van der Waals surface area (Å²) in [5, 5.41) is 2.56. The van der Waals surface area contributed by atoms with Gasteiger partial charge in [0.25, 0.3) is 0 Å². The average Bonchev–Trinajstić information content (AvgIpc) is 2.47. The van der Waals surface area contributed by atoms with Gasteiger partial charge in [-0.15, -0.1) is 0 Å². The van der Waals surface area contributed by atoms with E-state index in [1.165, 1.54) is 16.3 Å². The van der Waals surface area contributed by atoms with Crippen molar-refractivity contribution < 1.29 is 0 Å². The Morgan fingerprint density at radius 3 is 2.56 bits per heavy atom. The number of benzene rings is 2. The van der Waals surface area contributed by atoms with Crippen molar-refractivity contribution in [1.29, 1.82) is 0 Å². The molecule has 0 amide bonds. The lowest BCUT2D eigenvalue weighted by Gasteiger charge is -2.30. The lowest BCUT2D eigenvalue weighted by molar-refractivity contribution is 0.551. The van der Waals surface area contributed by atoms with Crippen molar-refractivity contribution in [1.82, 2.24) is 0 Å². The van der Waals surface area contributed by atoms with Crippen molar-refractivity contribution in [2.24, 2.45) is 5.73 Å². The molecule has 2 aromatic carbocycles. The Morgan fingerprint density at radius 2 is 1.83 bits per heavy atom. The third-order valence-electron chi connectivity index (χ3n) is 3.83. The van der Waals surface area contributed by atoms with Gasteiger partial charge in [0, 0.05) is 12.0 Å². The normalized spacial score (nSPS) is 22.5. The van der Waals surface area contributed by atoms with Crippen LogP contribution in [0.1, 0.15) is 12.0 Å². The summed E-state index contributed by atoms with van der Waals surface area (Å²) in [4.78, 5) is 0. The van der Waals surface area contributed by atoms with Crippen molar-refractivity contribution in [3.8, 4) is 0 Å². The van der Waals surface area contributed by atoms with E-state index in [2.05, 4.69) is 66.8 Å². The van der Waals surface area contributed by atoms with Gasteiger partial charge in [0.2, 0.25) is 0 Å². The smallest absolute Gasteiger partial charge is 0.0292 e. The summed E-state index contributed by atoms with van der Waals surface area (Å²) in [5.41, 5.74) is 7.31. The Kier molecular flexibility index (Phi) is 2.77. The maximum atomic E-state index is 6.03. The minimum Gasteiger partial charge on any atom is -0.329 e. The molecule has 2 aromatic rings. The predicted octanol–water partition coefficient (Wildman–Crippen LogP) is 3.55. The molecule has 1 nitrogen and oxygen atoms in total. The number of allylic oxidation sites excluding steroid dienone is 3. The molecule has 0 fully saturated rings. The fourth-order valence-electron chi connectivity index (χ4n) is 2.65. The lowest BCUT2D eigenvalue weighted by atomic mass is 9.75. The van der Waals surface area contributed by atoms with Crippen LogP contribution < -0.4 is 5.73 Å². The van der Waals surface area contributed by atoms with Crippen LogP contribution in [0, 0.1) is 0 Å². The summed E-state index contributed by atoms with van der Waals surface area (Å²) in [6.45, 7) is 0.645. The summed E-state index contributed by atoms with van der Waals surface area (Å²) < 4.78 is 0. The molecule has 0 saturated carbocycles. The number of nitrogens with two attached hydrogens (primary N) is 1. The van der Waals surface area contributed by atoms with E-state index in [1.807, 2.05) is 0 Å². The van der Waals surface area contributed by atoms with Gasteiger partial charge in [0.1, 0.15) is 0 Å². The first-order valence-electron chi connectivity index (χ1n) is 6.38. The van der Waals surface area contributed by atoms with Gasteiger partial charge in [0.05, 0.1) is 0 Å². The fourth-order valence-corrected chi connectivity index (χ4v) is 2.65. The van der Waals surface area contributed by atoms with Gasteiger partial charge in [0.15, 0.2) is 0 Å². The van der Waals surface area contributed by atoms with Crippen molar-refractivity contribution in [2.75, 3.05) is 6.54 Å². The Hall–Kier alpha value is -1.86. The quantitative estimate of drug-likeness (QED) is 0.846. The molecule has 18 heavy (non-hydrogen) atoms. The molecule has 0 radical (unpaired) electrons. The second-order valence-corrected chi connectivity index (χ2v) is 4.91. The first kappa shape index (κ1) is 11.2. The van der Waals surface area contributed by atoms with E-state index in [0.717, 1.165) is 6.42 Å². The van der Waals surface area contributed by atoms with Crippen LogP contribution in [0.15, 0.2) is 66.8 Å². The van der Waals surface area contributed by atoms with Gasteiger partial charge in [-0.25, -0.2) is 0 Å². The van der Waals surface area contributed by atoms with Gasteiger partial charge < -0.3 is 5.73 Å². The summed E-state index contributed by atoms with van der Waals surface area (Å²) in [7, 11) is 0. The third kappa shape index (κ3) is 1.77. The zero-order chi connectivity index (χ0) is 12.4. The molecule has 0 bridgehead atoms.